The van der Waals surface area contributed by atoms with Gasteiger partial charge in [-0.1, -0.05) is 36.4 Å². The van der Waals surface area contributed by atoms with Gasteiger partial charge in [0.05, 0.1) is 17.7 Å². The van der Waals surface area contributed by atoms with Gasteiger partial charge < -0.3 is 15.7 Å². The van der Waals surface area contributed by atoms with Crippen LogP contribution in [0.25, 0.3) is 0 Å². The Morgan fingerprint density at radius 2 is 1.73 bits per heavy atom. The summed E-state index contributed by atoms with van der Waals surface area (Å²) in [5.74, 6) is -0.0875. The van der Waals surface area contributed by atoms with E-state index in [0.717, 1.165) is 62.9 Å². The van der Waals surface area contributed by atoms with E-state index in [1.165, 1.54) is 12.1 Å². The summed E-state index contributed by atoms with van der Waals surface area (Å²) in [6.45, 7) is 1.33. The van der Waals surface area contributed by atoms with Crippen LogP contribution in [0.15, 0.2) is 54.6 Å². The van der Waals surface area contributed by atoms with Crippen molar-refractivity contribution in [1.29, 1.82) is 0 Å². The quantitative estimate of drug-likeness (QED) is 0.548. The monoisotopic (exact) mass is 515 g/mol. The molecule has 0 spiro atoms. The highest BCUT2D eigenvalue weighted by atomic mass is 19.4. The minimum Gasteiger partial charge on any atom is -0.385 e. The molecule has 1 saturated heterocycles. The van der Waals surface area contributed by atoms with E-state index in [1.807, 2.05) is 30.3 Å². The Bertz CT molecular complexity index is 1130. The normalized spacial score (nSPS) is 29.7. The Kier molecular flexibility index (Phi) is 7.02. The van der Waals surface area contributed by atoms with Crippen LogP contribution in [0.2, 0.25) is 0 Å². The molecule has 0 radical (unpaired) electrons. The highest BCUT2D eigenvalue weighted by Crippen LogP contribution is 2.53. The van der Waals surface area contributed by atoms with Crippen molar-refractivity contribution in [2.24, 2.45) is 11.8 Å². The number of benzene rings is 2. The summed E-state index contributed by atoms with van der Waals surface area (Å²) in [6, 6.07) is 14.5. The third-order valence-corrected chi connectivity index (χ3v) is 8.29. The second-order valence-electron chi connectivity index (χ2n) is 10.8. The molecule has 1 heterocycles. The smallest absolute Gasteiger partial charge is 0.385 e. The molecule has 3 aliphatic rings. The Morgan fingerprint density at radius 3 is 2.41 bits per heavy atom. The van der Waals surface area contributed by atoms with E-state index in [-0.39, 0.29) is 24.1 Å². The largest absolute Gasteiger partial charge is 0.416 e. The number of hydrogen-bond donors (Lipinski definition) is 3. The maximum Gasteiger partial charge on any atom is 0.416 e. The molecule has 198 valence electrons. The number of likely N-dealkylation sites (tertiary alicyclic amines) is 1. The SMILES string of the molecule is O=C(CNC(=O)c1cccc(C(F)(F)F)c1)NC1CCN(C2C[C@@H]3CC(O)(c4ccccc4)C[C@@H]3C2)C1. The highest BCUT2D eigenvalue weighted by molar-refractivity contribution is 5.96. The molecule has 5 atom stereocenters. The maximum absolute atomic E-state index is 12.9. The number of hydrogen-bond acceptors (Lipinski definition) is 4. The molecule has 6 nitrogen and oxygen atoms in total. The van der Waals surface area contributed by atoms with Crippen LogP contribution in [-0.2, 0) is 16.6 Å². The predicted octanol–water partition coefficient (Wildman–Crippen LogP) is 3.70. The van der Waals surface area contributed by atoms with Gasteiger partial charge in [0, 0.05) is 30.7 Å². The minimum absolute atomic E-state index is 0.0281. The molecule has 0 aromatic heterocycles. The van der Waals surface area contributed by atoms with E-state index in [4.69, 9.17) is 0 Å². The molecule has 2 aliphatic carbocycles. The summed E-state index contributed by atoms with van der Waals surface area (Å²) in [6.07, 6.45) is -0.0488. The number of aliphatic hydroxyl groups is 1. The zero-order chi connectivity index (χ0) is 26.2. The van der Waals surface area contributed by atoms with E-state index >= 15 is 0 Å². The summed E-state index contributed by atoms with van der Waals surface area (Å²) >= 11 is 0. The van der Waals surface area contributed by atoms with Gasteiger partial charge in [-0.2, -0.15) is 13.2 Å². The number of amides is 2. The fourth-order valence-electron chi connectivity index (χ4n) is 6.53. The number of halogens is 3. The first kappa shape index (κ1) is 25.7. The van der Waals surface area contributed by atoms with Crippen molar-refractivity contribution in [2.45, 2.75) is 56.0 Å². The summed E-state index contributed by atoms with van der Waals surface area (Å²) in [5.41, 5.74) is -0.774. The van der Waals surface area contributed by atoms with Crippen LogP contribution in [0.3, 0.4) is 0 Å². The first-order chi connectivity index (χ1) is 17.6. The molecule has 5 rings (SSSR count). The molecule has 2 aromatic rings. The lowest BCUT2D eigenvalue weighted by molar-refractivity contribution is -0.137. The predicted molar refractivity (Wildman–Crippen MR) is 131 cm³/mol. The number of carbonyl (C=O) groups excluding carboxylic acids is 2. The molecule has 2 aromatic carbocycles. The number of fused-ring (bicyclic) bond motifs is 1. The van der Waals surface area contributed by atoms with Crippen molar-refractivity contribution in [2.75, 3.05) is 19.6 Å². The van der Waals surface area contributed by atoms with Crippen molar-refractivity contribution in [3.63, 3.8) is 0 Å². The van der Waals surface area contributed by atoms with E-state index in [2.05, 4.69) is 15.5 Å². The van der Waals surface area contributed by atoms with E-state index in [0.29, 0.717) is 17.9 Å². The first-order valence-corrected chi connectivity index (χ1v) is 12.9. The van der Waals surface area contributed by atoms with Gasteiger partial charge in [-0.05, 0) is 67.7 Å². The van der Waals surface area contributed by atoms with Crippen LogP contribution in [0.4, 0.5) is 13.2 Å². The Morgan fingerprint density at radius 1 is 1.03 bits per heavy atom. The second-order valence-corrected chi connectivity index (χ2v) is 10.8. The van der Waals surface area contributed by atoms with Gasteiger partial charge in [0.1, 0.15) is 0 Å². The van der Waals surface area contributed by atoms with Crippen molar-refractivity contribution in [3.05, 3.63) is 71.3 Å². The van der Waals surface area contributed by atoms with Crippen LogP contribution in [0.1, 0.15) is 53.6 Å². The first-order valence-electron chi connectivity index (χ1n) is 12.9. The maximum atomic E-state index is 12.9. The fraction of sp³-hybridized carbons (Fsp3) is 0.500. The van der Waals surface area contributed by atoms with Crippen LogP contribution >= 0.6 is 0 Å². The molecular formula is C28H32F3N3O3. The fourth-order valence-corrected chi connectivity index (χ4v) is 6.53. The van der Waals surface area contributed by atoms with Gasteiger partial charge in [-0.3, -0.25) is 14.5 Å². The molecular weight excluding hydrogens is 483 g/mol. The average molecular weight is 516 g/mol. The lowest BCUT2D eigenvalue weighted by Gasteiger charge is -2.28. The van der Waals surface area contributed by atoms with E-state index in [1.54, 1.807) is 0 Å². The molecule has 3 fully saturated rings. The van der Waals surface area contributed by atoms with Crippen molar-refractivity contribution in [1.82, 2.24) is 15.5 Å². The van der Waals surface area contributed by atoms with Crippen LogP contribution in [0.5, 0.6) is 0 Å². The molecule has 3 N–H and O–H groups in total. The standard InChI is InChI=1S/C28H32F3N3O3/c29-28(30,31)22-8-4-5-18(11-22)26(36)32-16-25(35)33-23-9-10-34(17-23)24-12-19-14-27(37,15-20(19)13-24)21-6-2-1-3-7-21/h1-8,11,19-20,23-24,37H,9-10,12-17H2,(H,32,36)(H,33,35)/t19-,20+,23?,24?,27?. The molecule has 2 amide bonds. The Hall–Kier alpha value is -2.91. The highest BCUT2D eigenvalue weighted by Gasteiger charge is 2.50. The van der Waals surface area contributed by atoms with Gasteiger partial charge >= 0.3 is 6.18 Å². The zero-order valence-corrected chi connectivity index (χ0v) is 20.5. The number of carbonyl (C=O) groups is 2. The Labute approximate surface area is 214 Å². The molecule has 9 heteroatoms. The van der Waals surface area contributed by atoms with Gasteiger partial charge in [0.15, 0.2) is 0 Å². The van der Waals surface area contributed by atoms with Crippen molar-refractivity contribution in [3.8, 4) is 0 Å². The van der Waals surface area contributed by atoms with Crippen LogP contribution in [-0.4, -0.2) is 53.5 Å². The van der Waals surface area contributed by atoms with Crippen molar-refractivity contribution < 1.29 is 27.9 Å². The number of nitrogens with zero attached hydrogens (tertiary/aromatic N) is 1. The topological polar surface area (TPSA) is 81.7 Å². The number of nitrogens with one attached hydrogen (secondary N) is 2. The van der Waals surface area contributed by atoms with Gasteiger partial charge in [-0.25, -0.2) is 0 Å². The summed E-state index contributed by atoms with van der Waals surface area (Å²) < 4.78 is 38.6. The lowest BCUT2D eigenvalue weighted by atomic mass is 9.89. The zero-order valence-electron chi connectivity index (χ0n) is 20.5. The Balaban J connectivity index is 1.06. The van der Waals surface area contributed by atoms with Crippen molar-refractivity contribution >= 4 is 11.8 Å². The molecule has 3 unspecified atom stereocenters. The average Bonchev–Trinajstić information content (AvgIpc) is 3.56. The van der Waals surface area contributed by atoms with E-state index in [9.17, 15) is 27.9 Å². The lowest BCUT2D eigenvalue weighted by Crippen LogP contribution is -2.44. The molecule has 37 heavy (non-hydrogen) atoms. The summed E-state index contributed by atoms with van der Waals surface area (Å²) in [5, 5.41) is 16.6. The second kappa shape index (κ2) is 10.1. The molecule has 1 aliphatic heterocycles. The minimum atomic E-state index is -4.54. The van der Waals surface area contributed by atoms with Crippen LogP contribution in [0, 0.1) is 11.8 Å². The summed E-state index contributed by atoms with van der Waals surface area (Å²) in [4.78, 5) is 27.1. The van der Waals surface area contributed by atoms with E-state index < -0.39 is 23.2 Å². The third-order valence-electron chi connectivity index (χ3n) is 8.29. The summed E-state index contributed by atoms with van der Waals surface area (Å²) in [7, 11) is 0. The number of alkyl halides is 3. The van der Waals surface area contributed by atoms with Gasteiger partial charge in [0.2, 0.25) is 5.91 Å². The van der Waals surface area contributed by atoms with Crippen LogP contribution < -0.4 is 10.6 Å². The molecule has 0 bridgehead atoms. The van der Waals surface area contributed by atoms with Gasteiger partial charge in [-0.15, -0.1) is 0 Å². The number of rotatable bonds is 6. The van der Waals surface area contributed by atoms with Gasteiger partial charge in [0.25, 0.3) is 5.91 Å². The molecule has 2 saturated carbocycles. The third kappa shape index (κ3) is 5.67.